The topological polar surface area (TPSA) is 58.2 Å². The Kier molecular flexibility index (Phi) is 6.12. The summed E-state index contributed by atoms with van der Waals surface area (Å²) in [5.74, 6) is 1.07. The molecule has 1 saturated carbocycles. The van der Waals surface area contributed by atoms with Gasteiger partial charge in [0, 0.05) is 28.6 Å². The first-order valence-corrected chi connectivity index (χ1v) is 7.89. The summed E-state index contributed by atoms with van der Waals surface area (Å²) < 4.78 is 11.9. The minimum atomic E-state index is -1.07. The van der Waals surface area contributed by atoms with Crippen LogP contribution in [0.1, 0.15) is 33.6 Å². The number of amides is 1. The summed E-state index contributed by atoms with van der Waals surface area (Å²) in [6.07, 6.45) is 2.15. The van der Waals surface area contributed by atoms with Gasteiger partial charge in [0.25, 0.3) is 0 Å². The summed E-state index contributed by atoms with van der Waals surface area (Å²) in [4.78, 5) is 11.5. The largest absolute Gasteiger partial charge is 0.353 e. The van der Waals surface area contributed by atoms with E-state index in [1.165, 1.54) is 0 Å². The maximum atomic E-state index is 11.9. The third-order valence-corrected chi connectivity index (χ3v) is 4.19. The summed E-state index contributed by atoms with van der Waals surface area (Å²) in [5.41, 5.74) is 0. The van der Waals surface area contributed by atoms with Crippen LogP contribution in [0.4, 0.5) is 0 Å². The second kappa shape index (κ2) is 7.11. The molecular formula is C12H24N2O2S. The standard InChI is InChI=1S/C12H24N2O2S/c1-4-13-11(9(2)3)7-17(16)8-12(15)14-10-5-6-10/h9-11,13H,4-8H2,1-3H3,(H,14,15). The Hall–Kier alpha value is -0.420. The lowest BCUT2D eigenvalue weighted by Crippen LogP contribution is -2.40. The van der Waals surface area contributed by atoms with Gasteiger partial charge in [-0.25, -0.2) is 0 Å². The fraction of sp³-hybridized carbons (Fsp3) is 0.917. The van der Waals surface area contributed by atoms with Gasteiger partial charge in [0.2, 0.25) is 5.91 Å². The maximum absolute atomic E-state index is 11.9. The van der Waals surface area contributed by atoms with E-state index in [0.29, 0.717) is 17.7 Å². The Balaban J connectivity index is 2.27. The van der Waals surface area contributed by atoms with Crippen molar-refractivity contribution in [3.63, 3.8) is 0 Å². The van der Waals surface area contributed by atoms with Gasteiger partial charge >= 0.3 is 0 Å². The highest BCUT2D eigenvalue weighted by atomic mass is 32.2. The smallest absolute Gasteiger partial charge is 0.232 e. The van der Waals surface area contributed by atoms with Crippen molar-refractivity contribution in [2.45, 2.75) is 45.7 Å². The third kappa shape index (κ3) is 6.17. The van der Waals surface area contributed by atoms with E-state index in [1.807, 2.05) is 6.92 Å². The Morgan fingerprint density at radius 2 is 2.06 bits per heavy atom. The minimum Gasteiger partial charge on any atom is -0.353 e. The molecule has 17 heavy (non-hydrogen) atoms. The van der Waals surface area contributed by atoms with Crippen LogP contribution in [-0.2, 0) is 15.6 Å². The van der Waals surface area contributed by atoms with Crippen molar-refractivity contribution >= 4 is 16.7 Å². The zero-order valence-corrected chi connectivity index (χ0v) is 11.8. The second-order valence-electron chi connectivity index (χ2n) is 5.00. The average Bonchev–Trinajstić information content (AvgIpc) is 3.00. The van der Waals surface area contributed by atoms with Crippen molar-refractivity contribution in [3.8, 4) is 0 Å². The van der Waals surface area contributed by atoms with Crippen molar-refractivity contribution in [2.75, 3.05) is 18.1 Å². The fourth-order valence-corrected chi connectivity index (χ4v) is 3.05. The van der Waals surface area contributed by atoms with Crippen LogP contribution in [-0.4, -0.2) is 40.3 Å². The highest BCUT2D eigenvalue weighted by Gasteiger charge is 2.24. The SMILES string of the molecule is CCNC(CS(=O)CC(=O)NC1CC1)C(C)C. The van der Waals surface area contributed by atoms with Gasteiger partial charge in [0.05, 0.1) is 0 Å². The van der Waals surface area contributed by atoms with E-state index >= 15 is 0 Å². The predicted octanol–water partition coefficient (Wildman–Crippen LogP) is 0.648. The van der Waals surface area contributed by atoms with Gasteiger partial charge in [0.1, 0.15) is 5.75 Å². The molecule has 0 aromatic heterocycles. The lowest BCUT2D eigenvalue weighted by molar-refractivity contribution is -0.118. The number of carbonyl (C=O) groups is 1. The van der Waals surface area contributed by atoms with Crippen LogP contribution in [0.2, 0.25) is 0 Å². The van der Waals surface area contributed by atoms with Crippen LogP contribution in [0.15, 0.2) is 0 Å². The summed E-state index contributed by atoms with van der Waals surface area (Å²) in [7, 11) is -1.07. The molecule has 0 aliphatic heterocycles. The van der Waals surface area contributed by atoms with Crippen molar-refractivity contribution in [1.82, 2.24) is 10.6 Å². The zero-order chi connectivity index (χ0) is 12.8. The van der Waals surface area contributed by atoms with Crippen molar-refractivity contribution < 1.29 is 9.00 Å². The van der Waals surface area contributed by atoms with E-state index in [9.17, 15) is 9.00 Å². The van der Waals surface area contributed by atoms with Gasteiger partial charge in [-0.15, -0.1) is 0 Å². The van der Waals surface area contributed by atoms with E-state index in [-0.39, 0.29) is 17.7 Å². The van der Waals surface area contributed by atoms with E-state index in [4.69, 9.17) is 0 Å². The number of carbonyl (C=O) groups excluding carboxylic acids is 1. The molecule has 2 unspecified atom stereocenters. The number of rotatable bonds is 8. The third-order valence-electron chi connectivity index (χ3n) is 2.87. The predicted molar refractivity (Wildman–Crippen MR) is 71.3 cm³/mol. The number of hydrogen-bond donors (Lipinski definition) is 2. The molecule has 1 fully saturated rings. The van der Waals surface area contributed by atoms with Crippen LogP contribution in [0.5, 0.6) is 0 Å². The molecular weight excluding hydrogens is 236 g/mol. The molecule has 0 heterocycles. The maximum Gasteiger partial charge on any atom is 0.232 e. The van der Waals surface area contributed by atoms with Crippen LogP contribution in [0.25, 0.3) is 0 Å². The number of hydrogen-bond acceptors (Lipinski definition) is 3. The molecule has 2 N–H and O–H groups in total. The molecule has 1 aliphatic rings. The van der Waals surface area contributed by atoms with Crippen molar-refractivity contribution in [3.05, 3.63) is 0 Å². The zero-order valence-electron chi connectivity index (χ0n) is 11.0. The second-order valence-corrected chi connectivity index (χ2v) is 6.50. The molecule has 5 heteroatoms. The van der Waals surface area contributed by atoms with Crippen LogP contribution in [0, 0.1) is 5.92 Å². The first kappa shape index (κ1) is 14.6. The molecule has 0 bridgehead atoms. The van der Waals surface area contributed by atoms with Gasteiger partial charge in [-0.2, -0.15) is 0 Å². The highest BCUT2D eigenvalue weighted by Crippen LogP contribution is 2.18. The molecule has 0 spiro atoms. The Morgan fingerprint density at radius 3 is 2.53 bits per heavy atom. The molecule has 100 valence electrons. The molecule has 1 amide bonds. The Bertz CT molecular complexity index is 278. The van der Waals surface area contributed by atoms with Gasteiger partial charge in [-0.05, 0) is 25.3 Å². The van der Waals surface area contributed by atoms with Crippen molar-refractivity contribution in [1.29, 1.82) is 0 Å². The van der Waals surface area contributed by atoms with Gasteiger partial charge in [-0.1, -0.05) is 20.8 Å². The van der Waals surface area contributed by atoms with Crippen LogP contribution >= 0.6 is 0 Å². The summed E-state index contributed by atoms with van der Waals surface area (Å²) in [6, 6.07) is 0.587. The Labute approximate surface area is 106 Å². The van der Waals surface area contributed by atoms with E-state index in [2.05, 4.69) is 24.5 Å². The van der Waals surface area contributed by atoms with Crippen LogP contribution in [0.3, 0.4) is 0 Å². The summed E-state index contributed by atoms with van der Waals surface area (Å²) in [5, 5.41) is 6.18. The molecule has 4 nitrogen and oxygen atoms in total. The first-order valence-electron chi connectivity index (χ1n) is 6.40. The van der Waals surface area contributed by atoms with E-state index < -0.39 is 10.8 Å². The van der Waals surface area contributed by atoms with Gasteiger partial charge in [0.15, 0.2) is 0 Å². The van der Waals surface area contributed by atoms with E-state index in [1.54, 1.807) is 0 Å². The molecule has 0 aromatic carbocycles. The van der Waals surface area contributed by atoms with Gasteiger partial charge < -0.3 is 10.6 Å². The number of nitrogens with one attached hydrogen (secondary N) is 2. The van der Waals surface area contributed by atoms with Crippen LogP contribution < -0.4 is 10.6 Å². The monoisotopic (exact) mass is 260 g/mol. The lowest BCUT2D eigenvalue weighted by atomic mass is 10.1. The summed E-state index contributed by atoms with van der Waals surface area (Å²) in [6.45, 7) is 7.12. The molecule has 1 aliphatic carbocycles. The normalized spacial score (nSPS) is 19.1. The molecule has 0 aromatic rings. The molecule has 0 saturated heterocycles. The lowest BCUT2D eigenvalue weighted by Gasteiger charge is -2.21. The molecule has 0 radical (unpaired) electrons. The minimum absolute atomic E-state index is 0.0650. The Morgan fingerprint density at radius 1 is 1.41 bits per heavy atom. The first-order chi connectivity index (χ1) is 8.02. The summed E-state index contributed by atoms with van der Waals surface area (Å²) >= 11 is 0. The van der Waals surface area contributed by atoms with Gasteiger partial charge in [-0.3, -0.25) is 9.00 Å². The molecule has 2 atom stereocenters. The highest BCUT2D eigenvalue weighted by molar-refractivity contribution is 7.85. The molecule has 1 rings (SSSR count). The fourth-order valence-electron chi connectivity index (χ4n) is 1.65. The van der Waals surface area contributed by atoms with Crippen molar-refractivity contribution in [2.24, 2.45) is 5.92 Å². The van der Waals surface area contributed by atoms with E-state index in [0.717, 1.165) is 19.4 Å². The quantitative estimate of drug-likeness (QED) is 0.673. The average molecular weight is 260 g/mol.